The highest BCUT2D eigenvalue weighted by Crippen LogP contribution is 2.02. The highest BCUT2D eigenvalue weighted by Gasteiger charge is 2.08. The maximum Gasteiger partial charge on any atom is 0.147 e. The van der Waals surface area contributed by atoms with Crippen LogP contribution in [0.3, 0.4) is 0 Å². The van der Waals surface area contributed by atoms with Crippen LogP contribution >= 0.6 is 0 Å². The Morgan fingerprint density at radius 2 is 2.00 bits per heavy atom. The molecule has 0 aliphatic carbocycles. The second kappa shape index (κ2) is 4.74. The van der Waals surface area contributed by atoms with Crippen LogP contribution in [0.1, 0.15) is 25.2 Å². The van der Waals surface area contributed by atoms with Crippen molar-refractivity contribution in [1.29, 1.82) is 5.41 Å². The molecule has 0 amide bonds. The molecule has 0 saturated carbocycles. The van der Waals surface area contributed by atoms with Crippen LogP contribution in [0.15, 0.2) is 18.2 Å². The summed E-state index contributed by atoms with van der Waals surface area (Å²) in [7, 11) is 0. The first-order valence-electron chi connectivity index (χ1n) is 4.96. The topological polar surface area (TPSA) is 40.0 Å². The van der Waals surface area contributed by atoms with Crippen LogP contribution in [0, 0.1) is 12.3 Å². The Labute approximate surface area is 85.3 Å². The molecule has 3 heteroatoms. The molecule has 0 bridgehead atoms. The summed E-state index contributed by atoms with van der Waals surface area (Å²) in [6.07, 6.45) is 0. The predicted molar refractivity (Wildman–Crippen MR) is 58.7 cm³/mol. The van der Waals surface area contributed by atoms with Gasteiger partial charge in [0.15, 0.2) is 0 Å². The van der Waals surface area contributed by atoms with Crippen molar-refractivity contribution in [3.8, 4) is 0 Å². The zero-order valence-corrected chi connectivity index (χ0v) is 9.04. The fourth-order valence-corrected chi connectivity index (χ4v) is 1.38. The molecular formula is C11H17N3. The number of hydrogen-bond acceptors (Lipinski definition) is 2. The highest BCUT2D eigenvalue weighted by atomic mass is 15.2. The molecule has 0 radical (unpaired) electrons. The zero-order chi connectivity index (χ0) is 10.6. The average molecular weight is 191 g/mol. The zero-order valence-electron chi connectivity index (χ0n) is 9.04. The number of nitrogens with one attached hydrogen (secondary N) is 1. The largest absolute Gasteiger partial charge is 0.356 e. The number of rotatable bonds is 3. The van der Waals surface area contributed by atoms with Gasteiger partial charge in [-0.15, -0.1) is 0 Å². The van der Waals surface area contributed by atoms with Crippen molar-refractivity contribution < 1.29 is 0 Å². The van der Waals surface area contributed by atoms with Crippen LogP contribution in [0.5, 0.6) is 0 Å². The molecule has 1 aromatic rings. The van der Waals surface area contributed by atoms with E-state index in [9.17, 15) is 0 Å². The Bertz CT molecular complexity index is 316. The molecule has 0 aliphatic heterocycles. The van der Waals surface area contributed by atoms with Gasteiger partial charge >= 0.3 is 0 Å². The molecule has 1 aromatic heterocycles. The molecule has 14 heavy (non-hydrogen) atoms. The molecule has 1 heterocycles. The van der Waals surface area contributed by atoms with Crippen molar-refractivity contribution in [1.82, 2.24) is 9.88 Å². The van der Waals surface area contributed by atoms with Gasteiger partial charge in [0.2, 0.25) is 0 Å². The van der Waals surface area contributed by atoms with Crippen molar-refractivity contribution in [3.63, 3.8) is 0 Å². The van der Waals surface area contributed by atoms with Crippen LogP contribution in [-0.2, 0) is 0 Å². The summed E-state index contributed by atoms with van der Waals surface area (Å²) in [6, 6.07) is 5.77. The van der Waals surface area contributed by atoms with Gasteiger partial charge in [0, 0.05) is 18.8 Å². The third-order valence-corrected chi connectivity index (χ3v) is 2.21. The Morgan fingerprint density at radius 3 is 2.50 bits per heavy atom. The quantitative estimate of drug-likeness (QED) is 0.586. The van der Waals surface area contributed by atoms with Gasteiger partial charge in [-0.3, -0.25) is 5.41 Å². The van der Waals surface area contributed by atoms with E-state index in [-0.39, 0.29) is 0 Å². The van der Waals surface area contributed by atoms with Crippen LogP contribution in [0.25, 0.3) is 0 Å². The van der Waals surface area contributed by atoms with Crippen LogP contribution < -0.4 is 0 Å². The molecule has 1 rings (SSSR count). The minimum atomic E-state index is 0.513. The molecule has 0 aromatic carbocycles. The van der Waals surface area contributed by atoms with E-state index in [1.165, 1.54) is 0 Å². The van der Waals surface area contributed by atoms with E-state index in [0.717, 1.165) is 24.5 Å². The second-order valence-electron chi connectivity index (χ2n) is 3.19. The molecule has 0 fully saturated rings. The maximum absolute atomic E-state index is 7.95. The summed E-state index contributed by atoms with van der Waals surface area (Å²) in [5.41, 5.74) is 1.72. The SMILES string of the molecule is CCN(CC)C(=N)c1cccc(C)n1. The molecule has 0 spiro atoms. The fourth-order valence-electron chi connectivity index (χ4n) is 1.38. The van der Waals surface area contributed by atoms with Crippen molar-refractivity contribution >= 4 is 5.84 Å². The van der Waals surface area contributed by atoms with Crippen molar-refractivity contribution in [2.24, 2.45) is 0 Å². The van der Waals surface area contributed by atoms with Crippen LogP contribution in [-0.4, -0.2) is 28.8 Å². The summed E-state index contributed by atoms with van der Waals surface area (Å²) in [6.45, 7) is 7.75. The van der Waals surface area contributed by atoms with Crippen molar-refractivity contribution in [3.05, 3.63) is 29.6 Å². The molecule has 0 unspecified atom stereocenters. The van der Waals surface area contributed by atoms with Crippen molar-refractivity contribution in [2.75, 3.05) is 13.1 Å². The molecule has 0 aliphatic rings. The first-order valence-corrected chi connectivity index (χ1v) is 4.96. The number of aryl methyl sites for hydroxylation is 1. The minimum Gasteiger partial charge on any atom is -0.356 e. The molecular weight excluding hydrogens is 174 g/mol. The highest BCUT2D eigenvalue weighted by molar-refractivity contribution is 5.94. The van der Waals surface area contributed by atoms with E-state index >= 15 is 0 Å². The third-order valence-electron chi connectivity index (χ3n) is 2.21. The monoisotopic (exact) mass is 191 g/mol. The number of hydrogen-bond donors (Lipinski definition) is 1. The summed E-state index contributed by atoms with van der Waals surface area (Å²) in [4.78, 5) is 6.31. The molecule has 0 saturated heterocycles. The number of amidine groups is 1. The van der Waals surface area contributed by atoms with Crippen molar-refractivity contribution in [2.45, 2.75) is 20.8 Å². The lowest BCUT2D eigenvalue weighted by Gasteiger charge is -2.20. The smallest absolute Gasteiger partial charge is 0.147 e. The van der Waals surface area contributed by atoms with Crippen LogP contribution in [0.4, 0.5) is 0 Å². The molecule has 76 valence electrons. The van der Waals surface area contributed by atoms with Gasteiger partial charge in [-0.1, -0.05) is 6.07 Å². The van der Waals surface area contributed by atoms with Gasteiger partial charge in [0.05, 0.1) is 0 Å². The lowest BCUT2D eigenvalue weighted by molar-refractivity contribution is 0.462. The lowest BCUT2D eigenvalue weighted by Crippen LogP contribution is -2.31. The molecule has 1 N–H and O–H groups in total. The number of nitrogens with zero attached hydrogens (tertiary/aromatic N) is 2. The third kappa shape index (κ3) is 2.31. The number of pyridine rings is 1. The van der Waals surface area contributed by atoms with Gasteiger partial charge in [-0.2, -0.15) is 0 Å². The summed E-state index contributed by atoms with van der Waals surface area (Å²) < 4.78 is 0. The minimum absolute atomic E-state index is 0.513. The summed E-state index contributed by atoms with van der Waals surface area (Å²) >= 11 is 0. The van der Waals surface area contributed by atoms with Gasteiger partial charge in [-0.05, 0) is 32.9 Å². The van der Waals surface area contributed by atoms with E-state index in [4.69, 9.17) is 5.41 Å². The maximum atomic E-state index is 7.95. The Hall–Kier alpha value is -1.38. The van der Waals surface area contributed by atoms with Gasteiger partial charge in [0.1, 0.15) is 11.5 Å². The molecule has 3 nitrogen and oxygen atoms in total. The van der Waals surface area contributed by atoms with Gasteiger partial charge < -0.3 is 4.90 Å². The first kappa shape index (κ1) is 10.7. The van der Waals surface area contributed by atoms with E-state index in [1.54, 1.807) is 0 Å². The van der Waals surface area contributed by atoms with Gasteiger partial charge in [-0.25, -0.2) is 4.98 Å². The van der Waals surface area contributed by atoms with Gasteiger partial charge in [0.25, 0.3) is 0 Å². The van der Waals surface area contributed by atoms with E-state index < -0.39 is 0 Å². The molecule has 0 atom stereocenters. The second-order valence-corrected chi connectivity index (χ2v) is 3.19. The predicted octanol–water partition coefficient (Wildman–Crippen LogP) is 2.06. The Balaban J connectivity index is 2.88. The van der Waals surface area contributed by atoms with E-state index in [2.05, 4.69) is 4.98 Å². The number of aromatic nitrogens is 1. The fraction of sp³-hybridized carbons (Fsp3) is 0.455. The first-order chi connectivity index (χ1) is 6.69. The average Bonchev–Trinajstić information content (AvgIpc) is 2.19. The van der Waals surface area contributed by atoms with E-state index in [1.807, 2.05) is 43.9 Å². The lowest BCUT2D eigenvalue weighted by atomic mass is 10.2. The standard InChI is InChI=1S/C11H17N3/c1-4-14(5-2)11(12)10-8-6-7-9(3)13-10/h6-8,12H,4-5H2,1-3H3. The Kier molecular flexibility index (Phi) is 3.63. The summed E-state index contributed by atoms with van der Waals surface area (Å²) in [5.74, 6) is 0.513. The normalized spacial score (nSPS) is 9.93. The van der Waals surface area contributed by atoms with E-state index in [0.29, 0.717) is 5.84 Å². The Morgan fingerprint density at radius 1 is 1.36 bits per heavy atom. The summed E-state index contributed by atoms with van der Waals surface area (Å²) in [5, 5.41) is 7.95. The van der Waals surface area contributed by atoms with Crippen LogP contribution in [0.2, 0.25) is 0 Å².